The van der Waals surface area contributed by atoms with E-state index in [4.69, 9.17) is 0 Å². The molecule has 0 radical (unpaired) electrons. The fourth-order valence-electron chi connectivity index (χ4n) is 2.66. The van der Waals surface area contributed by atoms with Crippen LogP contribution >= 0.6 is 0 Å². The Labute approximate surface area is 203 Å². The molecule has 2 aromatic carbocycles. The molecule has 0 N–H and O–H groups in total. The number of benzene rings is 2. The molecule has 0 aliphatic carbocycles. The fraction of sp³-hybridized carbons (Fsp3) is 0.133. The van der Waals surface area contributed by atoms with Crippen LogP contribution in [0.3, 0.4) is 0 Å². The van der Waals surface area contributed by atoms with E-state index in [0.29, 0.717) is 5.70 Å². The number of nitrogens with zero attached hydrogens (tertiary/aromatic N) is 4. The maximum absolute atomic E-state index is 4.51. The van der Waals surface area contributed by atoms with Gasteiger partial charge in [-0.3, -0.25) is 20.0 Å². The van der Waals surface area contributed by atoms with Crippen LogP contribution in [0.25, 0.3) is 12.2 Å². The van der Waals surface area contributed by atoms with E-state index in [2.05, 4.69) is 51.8 Å². The quantitative estimate of drug-likeness (QED) is 0.188. The summed E-state index contributed by atoms with van der Waals surface area (Å²) in [4.78, 5) is 17.3. The monoisotopic (exact) mass is 448 g/mol. The van der Waals surface area contributed by atoms with Crippen molar-refractivity contribution in [1.82, 2.24) is 0 Å². The first kappa shape index (κ1) is 26.1. The Morgan fingerprint density at radius 3 is 1.82 bits per heavy atom. The minimum atomic E-state index is 0.716. The zero-order chi connectivity index (χ0) is 24.4. The van der Waals surface area contributed by atoms with E-state index in [-0.39, 0.29) is 0 Å². The highest BCUT2D eigenvalue weighted by Crippen LogP contribution is 2.17. The number of aliphatic imine (C=N–C) groups is 4. The Morgan fingerprint density at radius 1 is 0.794 bits per heavy atom. The molecule has 0 unspecified atom stereocenters. The van der Waals surface area contributed by atoms with E-state index in [1.165, 1.54) is 0 Å². The highest BCUT2D eigenvalue weighted by Gasteiger charge is 1.93. The summed E-state index contributed by atoms with van der Waals surface area (Å²) in [6.45, 7) is 9.56. The third kappa shape index (κ3) is 9.96. The lowest BCUT2D eigenvalue weighted by atomic mass is 10.1. The van der Waals surface area contributed by atoms with Crippen molar-refractivity contribution in [3.8, 4) is 0 Å². The zero-order valence-electron chi connectivity index (χ0n) is 20.2. The van der Waals surface area contributed by atoms with E-state index >= 15 is 0 Å². The molecule has 34 heavy (non-hydrogen) atoms. The van der Waals surface area contributed by atoms with Gasteiger partial charge in [0.2, 0.25) is 0 Å². The SMILES string of the molecule is C=N/C(C=Nc1ccc(/C=C/c2ccc(N=CC(=C/C)/N=C/C=C/CC)cc2)cc1)=C\C=C/C. The molecular formula is C30H32N4. The number of allylic oxidation sites excluding steroid dienone is 8. The second kappa shape index (κ2) is 15.6. The predicted molar refractivity (Wildman–Crippen MR) is 152 cm³/mol. The lowest BCUT2D eigenvalue weighted by Gasteiger charge is -1.98. The zero-order valence-corrected chi connectivity index (χ0v) is 20.2. The smallest absolute Gasteiger partial charge is 0.0805 e. The van der Waals surface area contributed by atoms with Crippen molar-refractivity contribution in [2.75, 3.05) is 0 Å². The van der Waals surface area contributed by atoms with Crippen molar-refractivity contribution in [2.45, 2.75) is 27.2 Å². The number of hydrogen-bond donors (Lipinski definition) is 0. The second-order valence-corrected chi connectivity index (χ2v) is 7.14. The molecule has 0 aliphatic heterocycles. The first-order valence-electron chi connectivity index (χ1n) is 11.3. The van der Waals surface area contributed by atoms with Crippen molar-refractivity contribution in [2.24, 2.45) is 20.0 Å². The summed E-state index contributed by atoms with van der Waals surface area (Å²) in [7, 11) is 0. The van der Waals surface area contributed by atoms with Gasteiger partial charge in [-0.2, -0.15) is 0 Å². The minimum Gasteiger partial charge on any atom is -0.263 e. The van der Waals surface area contributed by atoms with Gasteiger partial charge < -0.3 is 0 Å². The van der Waals surface area contributed by atoms with Crippen molar-refractivity contribution in [3.05, 3.63) is 108 Å². The average molecular weight is 449 g/mol. The van der Waals surface area contributed by atoms with Gasteiger partial charge in [0, 0.05) is 6.21 Å². The lowest BCUT2D eigenvalue weighted by Crippen LogP contribution is -1.80. The predicted octanol–water partition coefficient (Wildman–Crippen LogP) is 8.36. The van der Waals surface area contributed by atoms with E-state index < -0.39 is 0 Å². The summed E-state index contributed by atoms with van der Waals surface area (Å²) >= 11 is 0. The van der Waals surface area contributed by atoms with Gasteiger partial charge in [-0.05, 0) is 74.5 Å². The third-order valence-corrected chi connectivity index (χ3v) is 4.57. The Morgan fingerprint density at radius 2 is 1.35 bits per heavy atom. The van der Waals surface area contributed by atoms with Crippen molar-refractivity contribution >= 4 is 48.9 Å². The topological polar surface area (TPSA) is 49.4 Å². The standard InChI is InChI=1S/C30H32N4/c1-5-8-10-22-32-27(7-3)23-33-28-18-14-25(15-19-28)12-13-26-16-20-29(21-17-26)34-24-30(31-4)11-9-6-2/h6-24H,4-5H2,1-3H3/b9-6-,10-8+,13-12+,27-7-,30-11-,32-22+,33-23?,34-24?. The Balaban J connectivity index is 1.98. The summed E-state index contributed by atoms with van der Waals surface area (Å²) in [6, 6.07) is 16.1. The second-order valence-electron chi connectivity index (χ2n) is 7.14. The maximum Gasteiger partial charge on any atom is 0.0805 e. The summed E-state index contributed by atoms with van der Waals surface area (Å²) < 4.78 is 0. The van der Waals surface area contributed by atoms with Crippen LogP contribution in [0.2, 0.25) is 0 Å². The molecule has 2 aromatic rings. The highest BCUT2D eigenvalue weighted by molar-refractivity contribution is 5.85. The molecule has 0 atom stereocenters. The van der Waals surface area contributed by atoms with Crippen LogP contribution in [0, 0.1) is 0 Å². The van der Waals surface area contributed by atoms with Gasteiger partial charge in [0.1, 0.15) is 0 Å². The third-order valence-electron chi connectivity index (χ3n) is 4.57. The largest absolute Gasteiger partial charge is 0.263 e. The van der Waals surface area contributed by atoms with Gasteiger partial charge in [-0.15, -0.1) is 0 Å². The molecule has 0 saturated heterocycles. The normalized spacial score (nSPS) is 13.6. The van der Waals surface area contributed by atoms with Crippen LogP contribution in [0.15, 0.2) is 116 Å². The van der Waals surface area contributed by atoms with E-state index in [0.717, 1.165) is 34.6 Å². The van der Waals surface area contributed by atoms with E-state index in [1.54, 1.807) is 18.6 Å². The first-order chi connectivity index (χ1) is 16.7. The molecule has 4 heteroatoms. The van der Waals surface area contributed by atoms with Crippen LogP contribution in [0.4, 0.5) is 11.4 Å². The number of hydrogen-bond acceptors (Lipinski definition) is 4. The first-order valence-corrected chi connectivity index (χ1v) is 11.3. The molecule has 4 nitrogen and oxygen atoms in total. The van der Waals surface area contributed by atoms with Crippen LogP contribution in [-0.2, 0) is 0 Å². The van der Waals surface area contributed by atoms with E-state index in [9.17, 15) is 0 Å². The molecule has 0 aliphatic rings. The molecule has 0 aromatic heterocycles. The number of rotatable bonds is 11. The molecule has 0 saturated carbocycles. The fourth-order valence-corrected chi connectivity index (χ4v) is 2.66. The summed E-state index contributed by atoms with van der Waals surface area (Å²) in [6.07, 6.45) is 22.1. The van der Waals surface area contributed by atoms with Crippen LogP contribution < -0.4 is 0 Å². The van der Waals surface area contributed by atoms with Crippen molar-refractivity contribution < 1.29 is 0 Å². The van der Waals surface area contributed by atoms with Gasteiger partial charge in [-0.25, -0.2) is 0 Å². The molecule has 0 amide bonds. The highest BCUT2D eigenvalue weighted by atomic mass is 14.8. The maximum atomic E-state index is 4.51. The van der Waals surface area contributed by atoms with Crippen molar-refractivity contribution in [1.29, 1.82) is 0 Å². The van der Waals surface area contributed by atoms with Crippen molar-refractivity contribution in [3.63, 3.8) is 0 Å². The summed E-state index contributed by atoms with van der Waals surface area (Å²) in [5.41, 5.74) is 5.48. The van der Waals surface area contributed by atoms with Gasteiger partial charge in [0.25, 0.3) is 0 Å². The molecule has 0 bridgehead atoms. The molecule has 172 valence electrons. The van der Waals surface area contributed by atoms with E-state index in [1.807, 2.05) is 92.8 Å². The van der Waals surface area contributed by atoms with Gasteiger partial charge >= 0.3 is 0 Å². The van der Waals surface area contributed by atoms with Gasteiger partial charge in [0.15, 0.2) is 0 Å². The van der Waals surface area contributed by atoms with Crippen LogP contribution in [0.5, 0.6) is 0 Å². The molecule has 0 fully saturated rings. The molecular weight excluding hydrogens is 416 g/mol. The Hall–Kier alpha value is -4.18. The molecule has 2 rings (SSSR count). The van der Waals surface area contributed by atoms with Crippen LogP contribution in [0.1, 0.15) is 38.3 Å². The summed E-state index contributed by atoms with van der Waals surface area (Å²) in [5.74, 6) is 0. The lowest BCUT2D eigenvalue weighted by molar-refractivity contribution is 1.23. The Kier molecular flexibility index (Phi) is 12.0. The average Bonchev–Trinajstić information content (AvgIpc) is 2.88. The van der Waals surface area contributed by atoms with Crippen LogP contribution in [-0.4, -0.2) is 25.4 Å². The van der Waals surface area contributed by atoms with Gasteiger partial charge in [0.05, 0.1) is 35.2 Å². The van der Waals surface area contributed by atoms with Gasteiger partial charge in [-0.1, -0.05) is 67.6 Å². The summed E-state index contributed by atoms with van der Waals surface area (Å²) in [5, 5.41) is 0. The molecule has 0 heterocycles. The Bertz CT molecular complexity index is 1140. The minimum absolute atomic E-state index is 0.716. The molecule has 0 spiro atoms.